The number of nitrogens with one attached hydrogen (secondary N) is 1. The average molecular weight is 324 g/mol. The van der Waals surface area contributed by atoms with Gasteiger partial charge in [-0.2, -0.15) is 5.10 Å². The number of alkyl halides is 1. The number of aromatic nitrogens is 2. The monoisotopic (exact) mass is 323 g/mol. The number of halogens is 1. The lowest BCUT2D eigenvalue weighted by Gasteiger charge is -2.30. The number of carbonyl (C=O) groups is 1. The largest absolute Gasteiger partial charge is 0.346 e. The minimum atomic E-state index is -0.194. The maximum atomic E-state index is 12.4. The predicted molar refractivity (Wildman–Crippen MR) is 79.8 cm³/mol. The highest BCUT2D eigenvalue weighted by molar-refractivity contribution is 9.09. The Labute approximate surface area is 121 Å². The summed E-state index contributed by atoms with van der Waals surface area (Å²) in [6.07, 6.45) is 5.23. The minimum absolute atomic E-state index is 0.0654. The van der Waals surface area contributed by atoms with Crippen molar-refractivity contribution < 1.29 is 4.79 Å². The van der Waals surface area contributed by atoms with Crippen LogP contribution < -0.4 is 5.32 Å². The Hall–Kier alpha value is -1.36. The number of rotatable bonds is 5. The van der Waals surface area contributed by atoms with E-state index >= 15 is 0 Å². The molecule has 19 heavy (non-hydrogen) atoms. The summed E-state index contributed by atoms with van der Waals surface area (Å²) in [5.41, 5.74) is 1.25. The predicted octanol–water partition coefficient (Wildman–Crippen LogP) is 3.02. The van der Waals surface area contributed by atoms with Crippen LogP contribution in [0.2, 0.25) is 0 Å². The molecule has 0 aliphatic carbocycles. The quantitative estimate of drug-likeness (QED) is 0.860. The third-order valence-electron chi connectivity index (χ3n) is 3.66. The molecule has 4 nitrogen and oxygen atoms in total. The van der Waals surface area contributed by atoms with Crippen LogP contribution in [0.5, 0.6) is 0 Å². The van der Waals surface area contributed by atoms with Crippen molar-refractivity contribution in [2.45, 2.75) is 32.2 Å². The molecule has 1 amide bonds. The molecular formula is C14H18BrN3O. The van der Waals surface area contributed by atoms with Crippen LogP contribution in [0.1, 0.15) is 37.0 Å². The van der Waals surface area contributed by atoms with Gasteiger partial charge >= 0.3 is 0 Å². The van der Waals surface area contributed by atoms with Gasteiger partial charge in [0.1, 0.15) is 0 Å². The van der Waals surface area contributed by atoms with Crippen LogP contribution >= 0.6 is 15.9 Å². The van der Waals surface area contributed by atoms with E-state index in [0.29, 0.717) is 5.56 Å². The number of carbonyl (C=O) groups excluding carboxylic acids is 1. The Bertz CT molecular complexity index is 567. The normalized spacial score (nSPS) is 11.7. The second-order valence-electron chi connectivity index (χ2n) is 4.66. The van der Waals surface area contributed by atoms with E-state index in [2.05, 4.69) is 40.2 Å². The van der Waals surface area contributed by atoms with Gasteiger partial charge in [0.2, 0.25) is 0 Å². The first-order valence-electron chi connectivity index (χ1n) is 6.46. The van der Waals surface area contributed by atoms with Crippen molar-refractivity contribution in [2.75, 3.05) is 5.33 Å². The molecule has 1 N–H and O–H groups in total. The molecule has 0 aromatic carbocycles. The molecule has 0 saturated carbocycles. The average Bonchev–Trinajstić information content (AvgIpc) is 2.89. The van der Waals surface area contributed by atoms with Crippen molar-refractivity contribution in [1.29, 1.82) is 0 Å². The van der Waals surface area contributed by atoms with Crippen LogP contribution in [0.25, 0.3) is 5.52 Å². The van der Waals surface area contributed by atoms with Crippen molar-refractivity contribution in [1.82, 2.24) is 14.9 Å². The summed E-state index contributed by atoms with van der Waals surface area (Å²) in [5, 5.41) is 8.07. The molecule has 0 saturated heterocycles. The van der Waals surface area contributed by atoms with Gasteiger partial charge in [-0.3, -0.25) is 4.79 Å². The third kappa shape index (κ3) is 2.66. The summed E-state index contributed by atoms with van der Waals surface area (Å²) >= 11 is 3.50. The van der Waals surface area contributed by atoms with Crippen molar-refractivity contribution in [3.05, 3.63) is 36.2 Å². The van der Waals surface area contributed by atoms with Gasteiger partial charge in [-0.05, 0) is 25.0 Å². The molecule has 0 fully saturated rings. The van der Waals surface area contributed by atoms with Crippen molar-refractivity contribution >= 4 is 27.4 Å². The Balaban J connectivity index is 2.29. The zero-order valence-corrected chi connectivity index (χ0v) is 12.8. The molecule has 102 valence electrons. The molecule has 0 atom stereocenters. The zero-order chi connectivity index (χ0) is 13.9. The highest BCUT2D eigenvalue weighted by Crippen LogP contribution is 2.20. The number of nitrogens with zero attached hydrogens (tertiary/aromatic N) is 2. The van der Waals surface area contributed by atoms with E-state index in [1.54, 1.807) is 10.7 Å². The van der Waals surface area contributed by atoms with E-state index in [9.17, 15) is 4.79 Å². The number of hydrogen-bond acceptors (Lipinski definition) is 2. The van der Waals surface area contributed by atoms with Gasteiger partial charge in [0, 0.05) is 17.1 Å². The minimum Gasteiger partial charge on any atom is -0.346 e. The van der Waals surface area contributed by atoms with Crippen LogP contribution in [-0.4, -0.2) is 26.4 Å². The topological polar surface area (TPSA) is 46.4 Å². The third-order valence-corrected chi connectivity index (χ3v) is 4.73. The van der Waals surface area contributed by atoms with E-state index in [1.165, 1.54) is 0 Å². The first-order chi connectivity index (χ1) is 9.15. The molecule has 0 radical (unpaired) electrons. The van der Waals surface area contributed by atoms with Crippen LogP contribution in [-0.2, 0) is 0 Å². The molecular weight excluding hydrogens is 306 g/mol. The first-order valence-corrected chi connectivity index (χ1v) is 7.59. The SMILES string of the molecule is CCC(CC)(CBr)NC(=O)c1cnn2ccccc12. The van der Waals surface area contributed by atoms with Crippen molar-refractivity contribution in [3.63, 3.8) is 0 Å². The summed E-state index contributed by atoms with van der Waals surface area (Å²) < 4.78 is 1.71. The lowest BCUT2D eigenvalue weighted by Crippen LogP contribution is -2.49. The van der Waals surface area contributed by atoms with Crippen molar-refractivity contribution in [2.24, 2.45) is 0 Å². The molecule has 5 heteroatoms. The summed E-state index contributed by atoms with van der Waals surface area (Å²) in [6.45, 7) is 4.17. The van der Waals surface area contributed by atoms with Crippen LogP contribution in [0, 0.1) is 0 Å². The smallest absolute Gasteiger partial charge is 0.255 e. The number of fused-ring (bicyclic) bond motifs is 1. The first kappa shape index (κ1) is 14.1. The molecule has 0 spiro atoms. The maximum Gasteiger partial charge on any atom is 0.255 e. The Morgan fingerprint density at radius 2 is 2.16 bits per heavy atom. The molecule has 2 heterocycles. The van der Waals surface area contributed by atoms with Gasteiger partial charge in [0.25, 0.3) is 5.91 Å². The summed E-state index contributed by atoms with van der Waals surface area (Å²) in [7, 11) is 0. The van der Waals surface area contributed by atoms with E-state index in [1.807, 2.05) is 24.4 Å². The lowest BCUT2D eigenvalue weighted by atomic mass is 9.95. The van der Waals surface area contributed by atoms with Gasteiger partial charge in [-0.15, -0.1) is 0 Å². The van der Waals surface area contributed by atoms with Gasteiger partial charge in [0.05, 0.1) is 17.3 Å². The zero-order valence-electron chi connectivity index (χ0n) is 11.2. The highest BCUT2D eigenvalue weighted by atomic mass is 79.9. The summed E-state index contributed by atoms with van der Waals surface area (Å²) in [4.78, 5) is 12.4. The molecule has 2 aromatic rings. The molecule has 2 rings (SSSR count). The maximum absolute atomic E-state index is 12.4. The lowest BCUT2D eigenvalue weighted by molar-refractivity contribution is 0.0905. The number of pyridine rings is 1. The second-order valence-corrected chi connectivity index (χ2v) is 5.22. The van der Waals surface area contributed by atoms with E-state index in [4.69, 9.17) is 0 Å². The standard InChI is InChI=1S/C14H18BrN3O/c1-3-14(4-2,10-15)17-13(19)11-9-16-18-8-6-5-7-12(11)18/h5-9H,3-4,10H2,1-2H3,(H,17,19). The molecule has 0 bridgehead atoms. The Morgan fingerprint density at radius 3 is 2.79 bits per heavy atom. The van der Waals surface area contributed by atoms with Gasteiger partial charge < -0.3 is 5.32 Å². The molecule has 0 unspecified atom stereocenters. The van der Waals surface area contributed by atoms with Crippen molar-refractivity contribution in [3.8, 4) is 0 Å². The highest BCUT2D eigenvalue weighted by Gasteiger charge is 2.28. The summed E-state index contributed by atoms with van der Waals surface area (Å²) in [5.74, 6) is -0.0654. The fourth-order valence-electron chi connectivity index (χ4n) is 2.07. The fourth-order valence-corrected chi connectivity index (χ4v) is 3.00. The van der Waals surface area contributed by atoms with Crippen LogP contribution in [0.15, 0.2) is 30.6 Å². The van der Waals surface area contributed by atoms with E-state index in [-0.39, 0.29) is 11.4 Å². The fraction of sp³-hybridized carbons (Fsp3) is 0.429. The Kier molecular flexibility index (Phi) is 4.24. The van der Waals surface area contributed by atoms with Crippen LogP contribution in [0.3, 0.4) is 0 Å². The number of amides is 1. The second kappa shape index (κ2) is 5.74. The van der Waals surface area contributed by atoms with Gasteiger partial charge in [-0.25, -0.2) is 4.52 Å². The number of hydrogen-bond donors (Lipinski definition) is 1. The van der Waals surface area contributed by atoms with Gasteiger partial charge in [-0.1, -0.05) is 35.8 Å². The van der Waals surface area contributed by atoms with E-state index in [0.717, 1.165) is 23.7 Å². The van der Waals surface area contributed by atoms with E-state index < -0.39 is 0 Å². The summed E-state index contributed by atoms with van der Waals surface area (Å²) in [6, 6.07) is 5.70. The molecule has 2 aromatic heterocycles. The molecule has 0 aliphatic heterocycles. The Morgan fingerprint density at radius 1 is 1.42 bits per heavy atom. The van der Waals surface area contributed by atoms with Crippen LogP contribution in [0.4, 0.5) is 0 Å². The van der Waals surface area contributed by atoms with Gasteiger partial charge in [0.15, 0.2) is 0 Å². The molecule has 0 aliphatic rings.